The maximum atomic E-state index is 11.5. The highest BCUT2D eigenvalue weighted by atomic mass is 16.2. The zero-order valence-electron chi connectivity index (χ0n) is 14.0. The number of carbonyl (C=O) groups is 1. The van der Waals surface area contributed by atoms with Crippen LogP contribution in [0.1, 0.15) is 38.3 Å². The van der Waals surface area contributed by atoms with Gasteiger partial charge in [0.2, 0.25) is 5.91 Å². The summed E-state index contributed by atoms with van der Waals surface area (Å²) in [5.41, 5.74) is 7.98. The monoisotopic (exact) mass is 303 g/mol. The van der Waals surface area contributed by atoms with Gasteiger partial charge in [0.25, 0.3) is 0 Å². The van der Waals surface area contributed by atoms with Crippen LogP contribution in [0.5, 0.6) is 0 Å². The van der Waals surface area contributed by atoms with Crippen molar-refractivity contribution in [3.63, 3.8) is 0 Å². The molecule has 0 aromatic heterocycles. The Labute approximate surface area is 134 Å². The average molecular weight is 303 g/mol. The number of nitrogens with one attached hydrogen (secondary N) is 1. The lowest BCUT2D eigenvalue weighted by Gasteiger charge is -2.35. The van der Waals surface area contributed by atoms with Crippen LogP contribution in [-0.4, -0.2) is 29.9 Å². The highest BCUT2D eigenvalue weighted by Gasteiger charge is 2.21. The number of benzene rings is 1. The molecule has 4 nitrogen and oxygen atoms in total. The van der Waals surface area contributed by atoms with Gasteiger partial charge in [-0.15, -0.1) is 0 Å². The molecule has 1 fully saturated rings. The van der Waals surface area contributed by atoms with Crippen LogP contribution >= 0.6 is 0 Å². The van der Waals surface area contributed by atoms with Gasteiger partial charge in [0.15, 0.2) is 0 Å². The summed E-state index contributed by atoms with van der Waals surface area (Å²) in [5.74, 6) is 1.47. The van der Waals surface area contributed by atoms with Gasteiger partial charge in [-0.1, -0.05) is 38.1 Å². The molecule has 4 heteroatoms. The summed E-state index contributed by atoms with van der Waals surface area (Å²) < 4.78 is 0. The molecule has 3 N–H and O–H groups in total. The lowest BCUT2D eigenvalue weighted by molar-refractivity contribution is -0.122. The molecule has 1 aromatic carbocycles. The van der Waals surface area contributed by atoms with Crippen molar-refractivity contribution < 1.29 is 4.79 Å². The van der Waals surface area contributed by atoms with E-state index in [-0.39, 0.29) is 5.91 Å². The van der Waals surface area contributed by atoms with E-state index in [9.17, 15) is 4.79 Å². The first-order chi connectivity index (χ1) is 10.4. The molecule has 1 aliphatic heterocycles. The Bertz CT molecular complexity index is 474. The molecule has 0 aliphatic carbocycles. The van der Waals surface area contributed by atoms with Gasteiger partial charge in [-0.05, 0) is 36.3 Å². The molecule has 0 saturated carbocycles. The lowest BCUT2D eigenvalue weighted by Crippen LogP contribution is -2.38. The number of nitrogens with two attached hydrogens (primary N) is 1. The number of nitrogens with zero attached hydrogens (tertiary/aromatic N) is 1. The van der Waals surface area contributed by atoms with Crippen molar-refractivity contribution in [1.82, 2.24) is 10.2 Å². The molecule has 22 heavy (non-hydrogen) atoms. The Morgan fingerprint density at radius 1 is 1.23 bits per heavy atom. The van der Waals surface area contributed by atoms with E-state index in [2.05, 4.69) is 48.3 Å². The van der Waals surface area contributed by atoms with Crippen molar-refractivity contribution in [3.8, 4) is 0 Å². The molecule has 3 atom stereocenters. The van der Waals surface area contributed by atoms with E-state index in [1.165, 1.54) is 25.1 Å². The van der Waals surface area contributed by atoms with Crippen LogP contribution < -0.4 is 11.1 Å². The summed E-state index contributed by atoms with van der Waals surface area (Å²) >= 11 is 0. The predicted octanol–water partition coefficient (Wildman–Crippen LogP) is 2.13. The molecule has 2 rings (SSSR count). The number of carbonyl (C=O) groups excluding carboxylic acids is 1. The maximum Gasteiger partial charge on any atom is 0.236 e. The molecular formula is C18H29N3O. The lowest BCUT2D eigenvalue weighted by atomic mass is 9.91. The number of amides is 1. The van der Waals surface area contributed by atoms with Gasteiger partial charge < -0.3 is 11.1 Å². The van der Waals surface area contributed by atoms with Crippen molar-refractivity contribution in [2.75, 3.05) is 13.1 Å². The van der Waals surface area contributed by atoms with Crippen molar-refractivity contribution in [1.29, 1.82) is 0 Å². The van der Waals surface area contributed by atoms with Crippen molar-refractivity contribution >= 4 is 5.91 Å². The fourth-order valence-electron chi connectivity index (χ4n) is 3.29. The van der Waals surface area contributed by atoms with E-state index < -0.39 is 6.04 Å². The average Bonchev–Trinajstić information content (AvgIpc) is 2.45. The number of likely N-dealkylation sites (tertiary alicyclic amines) is 1. The first-order valence-corrected chi connectivity index (χ1v) is 8.27. The predicted molar refractivity (Wildman–Crippen MR) is 90.2 cm³/mol. The Kier molecular flexibility index (Phi) is 5.98. The van der Waals surface area contributed by atoms with Crippen molar-refractivity contribution in [2.45, 2.75) is 46.3 Å². The van der Waals surface area contributed by atoms with E-state index in [0.29, 0.717) is 6.54 Å². The topological polar surface area (TPSA) is 58.4 Å². The van der Waals surface area contributed by atoms with E-state index in [1.54, 1.807) is 6.92 Å². The molecule has 1 heterocycles. The minimum Gasteiger partial charge on any atom is -0.351 e. The van der Waals surface area contributed by atoms with Crippen LogP contribution in [0.3, 0.4) is 0 Å². The quantitative estimate of drug-likeness (QED) is 0.876. The summed E-state index contributed by atoms with van der Waals surface area (Å²) in [6, 6.07) is 8.05. The fourth-order valence-corrected chi connectivity index (χ4v) is 3.29. The third-order valence-corrected chi connectivity index (χ3v) is 4.25. The Balaban J connectivity index is 1.85. The molecule has 1 aromatic rings. The third kappa shape index (κ3) is 5.11. The van der Waals surface area contributed by atoms with E-state index in [0.717, 1.165) is 23.9 Å². The number of rotatable bonds is 5. The van der Waals surface area contributed by atoms with Gasteiger partial charge in [0, 0.05) is 26.2 Å². The highest BCUT2D eigenvalue weighted by molar-refractivity contribution is 5.80. The fraction of sp³-hybridized carbons (Fsp3) is 0.611. The van der Waals surface area contributed by atoms with Crippen LogP contribution in [0.4, 0.5) is 0 Å². The molecule has 1 aliphatic rings. The molecule has 0 spiro atoms. The molecule has 122 valence electrons. The molecule has 0 radical (unpaired) electrons. The zero-order valence-corrected chi connectivity index (χ0v) is 14.0. The number of piperidine rings is 1. The van der Waals surface area contributed by atoms with Gasteiger partial charge in [0.1, 0.15) is 0 Å². The molecule has 0 bridgehead atoms. The van der Waals surface area contributed by atoms with Gasteiger partial charge in [-0.3, -0.25) is 9.69 Å². The van der Waals surface area contributed by atoms with Gasteiger partial charge >= 0.3 is 0 Å². The van der Waals surface area contributed by atoms with Crippen LogP contribution in [0.2, 0.25) is 0 Å². The van der Waals surface area contributed by atoms with E-state index >= 15 is 0 Å². The van der Waals surface area contributed by atoms with Crippen molar-refractivity contribution in [3.05, 3.63) is 35.4 Å². The number of hydrogen-bond acceptors (Lipinski definition) is 3. The normalized spacial score (nSPS) is 24.0. The smallest absolute Gasteiger partial charge is 0.236 e. The van der Waals surface area contributed by atoms with Crippen LogP contribution in [0.25, 0.3) is 0 Å². The second-order valence-electron chi connectivity index (χ2n) is 6.96. The highest BCUT2D eigenvalue weighted by Crippen LogP contribution is 2.22. The first-order valence-electron chi connectivity index (χ1n) is 8.27. The van der Waals surface area contributed by atoms with Crippen molar-refractivity contribution in [2.24, 2.45) is 17.6 Å². The SMILES string of the molecule is CC1CC(C)CN(Cc2ccc(CNC(=O)C(C)N)cc2)C1. The number of hydrogen-bond donors (Lipinski definition) is 2. The van der Waals surface area contributed by atoms with Crippen LogP contribution in [0, 0.1) is 11.8 Å². The first kappa shape index (κ1) is 17.0. The summed E-state index contributed by atoms with van der Waals surface area (Å²) in [6.07, 6.45) is 1.34. The minimum absolute atomic E-state index is 0.111. The van der Waals surface area contributed by atoms with Gasteiger partial charge in [-0.25, -0.2) is 0 Å². The summed E-state index contributed by atoms with van der Waals surface area (Å²) in [7, 11) is 0. The largest absolute Gasteiger partial charge is 0.351 e. The van der Waals surface area contributed by atoms with E-state index in [1.807, 2.05) is 0 Å². The zero-order chi connectivity index (χ0) is 16.1. The minimum atomic E-state index is -0.456. The third-order valence-electron chi connectivity index (χ3n) is 4.25. The Morgan fingerprint density at radius 3 is 2.32 bits per heavy atom. The summed E-state index contributed by atoms with van der Waals surface area (Å²) in [4.78, 5) is 14.0. The Hall–Kier alpha value is -1.39. The molecular weight excluding hydrogens is 274 g/mol. The van der Waals surface area contributed by atoms with Gasteiger partial charge in [0.05, 0.1) is 6.04 Å². The van der Waals surface area contributed by atoms with Crippen LogP contribution in [-0.2, 0) is 17.9 Å². The summed E-state index contributed by atoms with van der Waals surface area (Å²) in [6.45, 7) is 10.3. The summed E-state index contributed by atoms with van der Waals surface area (Å²) in [5, 5.41) is 2.84. The van der Waals surface area contributed by atoms with E-state index in [4.69, 9.17) is 5.73 Å². The molecule has 1 saturated heterocycles. The standard InChI is InChI=1S/C18H29N3O/c1-13-8-14(2)11-21(10-13)12-17-6-4-16(5-7-17)9-20-18(22)15(3)19/h4-7,13-15H,8-12,19H2,1-3H3,(H,20,22). The molecule has 3 unspecified atom stereocenters. The Morgan fingerprint density at radius 2 is 1.77 bits per heavy atom. The second-order valence-corrected chi connectivity index (χ2v) is 6.96. The second kappa shape index (κ2) is 7.75. The van der Waals surface area contributed by atoms with Crippen LogP contribution in [0.15, 0.2) is 24.3 Å². The molecule has 1 amide bonds. The maximum absolute atomic E-state index is 11.5. The van der Waals surface area contributed by atoms with Gasteiger partial charge in [-0.2, -0.15) is 0 Å².